The summed E-state index contributed by atoms with van der Waals surface area (Å²) in [5.74, 6) is 0.720. The molecule has 2 unspecified atom stereocenters. The van der Waals surface area contributed by atoms with Crippen LogP contribution in [-0.2, 0) is 0 Å². The molecule has 2 atom stereocenters. The van der Waals surface area contributed by atoms with Gasteiger partial charge in [-0.1, -0.05) is 50.3 Å². The molecule has 4 rings (SSSR count). The summed E-state index contributed by atoms with van der Waals surface area (Å²) in [7, 11) is 0. The van der Waals surface area contributed by atoms with Crippen molar-refractivity contribution in [2.75, 3.05) is 0 Å². The Morgan fingerprint density at radius 2 is 2.07 bits per heavy atom. The van der Waals surface area contributed by atoms with Gasteiger partial charge in [0.05, 0.1) is 22.7 Å². The number of oxazole rings is 1. The third-order valence-electron chi connectivity index (χ3n) is 5.88. The number of halogens is 1. The molecule has 0 spiro atoms. The van der Waals surface area contributed by atoms with E-state index in [1.54, 1.807) is 18.4 Å². The zero-order valence-electron chi connectivity index (χ0n) is 16.5. The van der Waals surface area contributed by atoms with Gasteiger partial charge in [0.25, 0.3) is 0 Å². The van der Waals surface area contributed by atoms with Crippen LogP contribution in [-0.4, -0.2) is 21.8 Å². The summed E-state index contributed by atoms with van der Waals surface area (Å²) >= 11 is 6.13. The number of aromatic nitrogens is 1. The predicted molar refractivity (Wildman–Crippen MR) is 112 cm³/mol. The number of nitrogens with zero attached hydrogens (tertiary/aromatic N) is 2. The van der Waals surface area contributed by atoms with Crippen LogP contribution in [0.1, 0.15) is 86.9 Å². The number of nitrogens with one attached hydrogen (secondary N) is 1. The molecular weight excluding hydrogens is 390 g/mol. The second-order valence-corrected chi connectivity index (χ2v) is 8.32. The number of hydrogen-bond acceptors (Lipinski definition) is 4. The quantitative estimate of drug-likeness (QED) is 0.639. The predicted octanol–water partition coefficient (Wildman–Crippen LogP) is 5.87. The third-order valence-corrected chi connectivity index (χ3v) is 6.19. The normalized spacial score (nSPS) is 23.0. The minimum atomic E-state index is -0.405. The van der Waals surface area contributed by atoms with Crippen LogP contribution >= 0.6 is 11.6 Å². The van der Waals surface area contributed by atoms with Gasteiger partial charge in [-0.15, -0.1) is 0 Å². The van der Waals surface area contributed by atoms with Crippen molar-refractivity contribution in [1.82, 2.24) is 10.3 Å². The van der Waals surface area contributed by atoms with Crippen molar-refractivity contribution >= 4 is 23.3 Å². The molecule has 0 saturated heterocycles. The van der Waals surface area contributed by atoms with Crippen LogP contribution in [0, 0.1) is 0 Å². The Balaban J connectivity index is 1.72. The van der Waals surface area contributed by atoms with Crippen molar-refractivity contribution < 1.29 is 14.3 Å². The van der Waals surface area contributed by atoms with E-state index in [9.17, 15) is 9.90 Å². The number of phenolic OH excluding ortho intramolecular Hbond substituents is 1. The molecule has 2 amide bonds. The van der Waals surface area contributed by atoms with Gasteiger partial charge in [0.2, 0.25) is 5.89 Å². The molecule has 1 aliphatic carbocycles. The van der Waals surface area contributed by atoms with Crippen molar-refractivity contribution in [2.45, 2.75) is 69.7 Å². The van der Waals surface area contributed by atoms with E-state index in [0.29, 0.717) is 18.2 Å². The largest absolute Gasteiger partial charge is 0.506 e. The van der Waals surface area contributed by atoms with Gasteiger partial charge >= 0.3 is 6.03 Å². The molecule has 7 heteroatoms. The summed E-state index contributed by atoms with van der Waals surface area (Å²) in [4.78, 5) is 21.4. The molecule has 2 aromatic rings. The summed E-state index contributed by atoms with van der Waals surface area (Å²) in [5, 5.41) is 13.0. The zero-order chi connectivity index (χ0) is 20.4. The van der Waals surface area contributed by atoms with E-state index >= 15 is 0 Å². The van der Waals surface area contributed by atoms with Gasteiger partial charge in [0.1, 0.15) is 12.0 Å². The molecule has 154 valence electrons. The number of aromatic hydroxyl groups is 1. The van der Waals surface area contributed by atoms with Gasteiger partial charge in [-0.3, -0.25) is 0 Å². The summed E-state index contributed by atoms with van der Waals surface area (Å²) < 4.78 is 5.95. The first-order chi connectivity index (χ1) is 14.1. The monoisotopic (exact) mass is 415 g/mol. The van der Waals surface area contributed by atoms with E-state index < -0.39 is 6.04 Å². The maximum absolute atomic E-state index is 12.3. The highest BCUT2D eigenvalue weighted by Gasteiger charge is 2.38. The molecule has 6 nitrogen and oxygen atoms in total. The van der Waals surface area contributed by atoms with E-state index in [1.165, 1.54) is 25.3 Å². The van der Waals surface area contributed by atoms with Crippen molar-refractivity contribution in [3.8, 4) is 5.75 Å². The van der Waals surface area contributed by atoms with E-state index in [1.807, 2.05) is 0 Å². The second kappa shape index (κ2) is 8.57. The first-order valence-corrected chi connectivity index (χ1v) is 10.8. The lowest BCUT2D eigenvalue weighted by molar-refractivity contribution is 0.241. The molecule has 2 N–H and O–H groups in total. The first kappa shape index (κ1) is 20.0. The number of benzene rings is 1. The van der Waals surface area contributed by atoms with Gasteiger partial charge in [0.15, 0.2) is 0 Å². The van der Waals surface area contributed by atoms with E-state index in [0.717, 1.165) is 36.2 Å². The number of amides is 2. The Hall–Kier alpha value is -2.34. The highest BCUT2D eigenvalue weighted by atomic mass is 35.5. The number of carbonyl (C=O) groups is 1. The molecular formula is C22H26ClN3O3. The van der Waals surface area contributed by atoms with Crippen molar-refractivity contribution in [3.05, 3.63) is 46.6 Å². The highest BCUT2D eigenvalue weighted by Crippen LogP contribution is 2.39. The van der Waals surface area contributed by atoms with Crippen molar-refractivity contribution in [3.63, 3.8) is 0 Å². The van der Waals surface area contributed by atoms with Crippen LogP contribution < -0.4 is 5.32 Å². The topological polar surface area (TPSA) is 87.7 Å². The summed E-state index contributed by atoms with van der Waals surface area (Å²) in [6.07, 6.45) is 9.33. The summed E-state index contributed by atoms with van der Waals surface area (Å²) in [5.41, 5.74) is 2.55. The Morgan fingerprint density at radius 3 is 2.79 bits per heavy atom. The standard InChI is InChI=1S/C22H26ClN3O3/c1-2-6-16-19(21-24-17(12-29-21)13-7-4-3-5-8-13)20(26-22(28)25-16)14-9-10-18(27)15(23)11-14/h9-13,19-20,27H,2-8H2,1H3,(H,26,28). The van der Waals surface area contributed by atoms with Crippen molar-refractivity contribution in [2.24, 2.45) is 4.99 Å². The molecule has 2 heterocycles. The maximum atomic E-state index is 12.3. The molecule has 0 radical (unpaired) electrons. The van der Waals surface area contributed by atoms with E-state index in [-0.39, 0.29) is 22.7 Å². The van der Waals surface area contributed by atoms with Crippen LogP contribution in [0.5, 0.6) is 5.75 Å². The van der Waals surface area contributed by atoms with E-state index in [2.05, 4.69) is 17.2 Å². The van der Waals surface area contributed by atoms with Gasteiger partial charge in [-0.25, -0.2) is 14.8 Å². The molecule has 2 aliphatic rings. The Labute approximate surface area is 175 Å². The first-order valence-electron chi connectivity index (χ1n) is 10.4. The number of hydrogen-bond donors (Lipinski definition) is 2. The van der Waals surface area contributed by atoms with Gasteiger partial charge < -0.3 is 14.8 Å². The molecule has 1 fully saturated rings. The van der Waals surface area contributed by atoms with Crippen LogP contribution in [0.25, 0.3) is 0 Å². The Morgan fingerprint density at radius 1 is 1.28 bits per heavy atom. The number of aliphatic imine (C=N–C) groups is 1. The zero-order valence-corrected chi connectivity index (χ0v) is 17.3. The minimum absolute atomic E-state index is 0.00672. The molecule has 1 aromatic carbocycles. The average Bonchev–Trinajstić information content (AvgIpc) is 3.20. The fraction of sp³-hybridized carbons (Fsp3) is 0.500. The molecule has 1 saturated carbocycles. The number of phenols is 1. The lowest BCUT2D eigenvalue weighted by Crippen LogP contribution is -2.39. The smallest absolute Gasteiger partial charge is 0.341 e. The maximum Gasteiger partial charge on any atom is 0.341 e. The van der Waals surface area contributed by atoms with E-state index in [4.69, 9.17) is 21.0 Å². The number of urea groups is 1. The molecule has 29 heavy (non-hydrogen) atoms. The van der Waals surface area contributed by atoms with Crippen LogP contribution in [0.3, 0.4) is 0 Å². The third kappa shape index (κ3) is 4.17. The Kier molecular flexibility index (Phi) is 5.90. The molecule has 1 aliphatic heterocycles. The number of rotatable bonds is 5. The molecule has 0 bridgehead atoms. The number of carbonyl (C=O) groups excluding carboxylic acids is 1. The highest BCUT2D eigenvalue weighted by molar-refractivity contribution is 6.32. The van der Waals surface area contributed by atoms with Crippen LogP contribution in [0.4, 0.5) is 4.79 Å². The summed E-state index contributed by atoms with van der Waals surface area (Å²) in [6.45, 7) is 2.06. The minimum Gasteiger partial charge on any atom is -0.506 e. The van der Waals surface area contributed by atoms with Gasteiger partial charge in [-0.05, 0) is 37.0 Å². The Bertz CT molecular complexity index is 918. The van der Waals surface area contributed by atoms with Gasteiger partial charge in [0, 0.05) is 11.6 Å². The van der Waals surface area contributed by atoms with Gasteiger partial charge in [-0.2, -0.15) is 0 Å². The van der Waals surface area contributed by atoms with Crippen LogP contribution in [0.15, 0.2) is 33.9 Å². The van der Waals surface area contributed by atoms with Crippen LogP contribution in [0.2, 0.25) is 5.02 Å². The SMILES string of the molecule is CCCC1=NC(=O)NC(c2ccc(O)c(Cl)c2)C1c1nc(C2CCCCC2)co1. The van der Waals surface area contributed by atoms with Crippen molar-refractivity contribution in [1.29, 1.82) is 0 Å². The lowest BCUT2D eigenvalue weighted by atomic mass is 9.85. The average molecular weight is 416 g/mol. The lowest BCUT2D eigenvalue weighted by Gasteiger charge is -2.30. The fourth-order valence-electron chi connectivity index (χ4n) is 4.42. The molecule has 1 aromatic heterocycles. The summed E-state index contributed by atoms with van der Waals surface area (Å²) in [6, 6.07) is 4.19. The second-order valence-electron chi connectivity index (χ2n) is 7.91. The fourth-order valence-corrected chi connectivity index (χ4v) is 4.60.